The van der Waals surface area contributed by atoms with Gasteiger partial charge in [0.2, 0.25) is 0 Å². The lowest BCUT2D eigenvalue weighted by Crippen LogP contribution is -2.14. The maximum absolute atomic E-state index is 6.69. The summed E-state index contributed by atoms with van der Waals surface area (Å²) < 4.78 is 10.5. The number of nitrogens with zero attached hydrogens (tertiary/aromatic N) is 1. The van der Waals surface area contributed by atoms with E-state index < -0.39 is 0 Å². The molecule has 3 heteroatoms. The molecule has 0 aliphatic carbocycles. The van der Waals surface area contributed by atoms with Gasteiger partial charge in [0.1, 0.15) is 11.5 Å². The summed E-state index contributed by atoms with van der Waals surface area (Å²) in [7, 11) is 1.62. The van der Waals surface area contributed by atoms with Crippen LogP contribution in [0.2, 0.25) is 0 Å². The molecule has 0 heterocycles. The Morgan fingerprint density at radius 1 is 1.29 bits per heavy atom. The fraction of sp³-hybridized carbons (Fsp3) is 0.364. The van der Waals surface area contributed by atoms with Gasteiger partial charge in [-0.15, -0.1) is 0 Å². The first-order valence-electron chi connectivity index (χ1n) is 4.40. The van der Waals surface area contributed by atoms with Gasteiger partial charge in [-0.2, -0.15) is 0 Å². The molecule has 14 heavy (non-hydrogen) atoms. The summed E-state index contributed by atoms with van der Waals surface area (Å²) in [6.45, 7) is 8.95. The highest BCUT2D eigenvalue weighted by Gasteiger charge is 2.05. The van der Waals surface area contributed by atoms with Crippen LogP contribution in [0.4, 0.5) is 0 Å². The summed E-state index contributed by atoms with van der Waals surface area (Å²) in [6, 6.07) is 7.33. The van der Waals surface area contributed by atoms with Gasteiger partial charge in [-0.1, -0.05) is 0 Å². The van der Waals surface area contributed by atoms with Crippen LogP contribution in [0.15, 0.2) is 24.3 Å². The van der Waals surface area contributed by atoms with Gasteiger partial charge < -0.3 is 14.3 Å². The Kier molecular flexibility index (Phi) is 3.81. The lowest BCUT2D eigenvalue weighted by molar-refractivity contribution is 0.238. The summed E-state index contributed by atoms with van der Waals surface area (Å²) >= 11 is 0. The van der Waals surface area contributed by atoms with Gasteiger partial charge in [-0.25, -0.2) is 6.57 Å². The zero-order valence-electron chi connectivity index (χ0n) is 8.36. The van der Waals surface area contributed by atoms with Crippen LogP contribution in [0, 0.1) is 6.57 Å². The highest BCUT2D eigenvalue weighted by molar-refractivity contribution is 5.31. The lowest BCUT2D eigenvalue weighted by atomic mass is 10.3. The maximum Gasteiger partial charge on any atom is 0.250 e. The highest BCUT2D eigenvalue weighted by atomic mass is 16.5. The fourth-order valence-electron chi connectivity index (χ4n) is 1.05. The molecule has 0 spiro atoms. The Bertz CT molecular complexity index is 313. The van der Waals surface area contributed by atoms with E-state index in [1.165, 1.54) is 0 Å². The zero-order chi connectivity index (χ0) is 10.4. The average molecular weight is 191 g/mol. The monoisotopic (exact) mass is 191 g/mol. The molecule has 74 valence electrons. The van der Waals surface area contributed by atoms with Crippen molar-refractivity contribution in [2.75, 3.05) is 13.7 Å². The largest absolute Gasteiger partial charge is 0.497 e. The van der Waals surface area contributed by atoms with Crippen LogP contribution in [-0.2, 0) is 0 Å². The Hall–Kier alpha value is -1.69. The average Bonchev–Trinajstić information content (AvgIpc) is 2.19. The molecule has 0 amide bonds. The van der Waals surface area contributed by atoms with Gasteiger partial charge >= 0.3 is 0 Å². The normalized spacial score (nSPS) is 11.5. The molecule has 0 radical (unpaired) electrons. The molecule has 1 aromatic rings. The van der Waals surface area contributed by atoms with Crippen molar-refractivity contribution < 1.29 is 9.47 Å². The van der Waals surface area contributed by atoms with Crippen LogP contribution in [-0.4, -0.2) is 19.8 Å². The van der Waals surface area contributed by atoms with Crippen molar-refractivity contribution in [3.63, 3.8) is 0 Å². The third-order valence-corrected chi connectivity index (χ3v) is 1.75. The van der Waals surface area contributed by atoms with E-state index in [0.717, 1.165) is 11.5 Å². The van der Waals surface area contributed by atoms with E-state index in [-0.39, 0.29) is 6.10 Å². The van der Waals surface area contributed by atoms with E-state index in [2.05, 4.69) is 4.85 Å². The molecule has 1 unspecified atom stereocenters. The summed E-state index contributed by atoms with van der Waals surface area (Å²) in [5.74, 6) is 1.57. The van der Waals surface area contributed by atoms with Gasteiger partial charge in [0.15, 0.2) is 6.10 Å². The van der Waals surface area contributed by atoms with Gasteiger partial charge in [-0.05, 0) is 31.2 Å². The molecule has 1 atom stereocenters. The van der Waals surface area contributed by atoms with Gasteiger partial charge in [0, 0.05) is 0 Å². The van der Waals surface area contributed by atoms with Gasteiger partial charge in [-0.3, -0.25) is 0 Å². The molecule has 0 bridgehead atoms. The Morgan fingerprint density at radius 3 is 2.36 bits per heavy atom. The molecule has 1 aromatic carbocycles. The van der Waals surface area contributed by atoms with Crippen LogP contribution in [0.1, 0.15) is 6.92 Å². The zero-order valence-corrected chi connectivity index (χ0v) is 8.36. The van der Waals surface area contributed by atoms with E-state index in [9.17, 15) is 0 Å². The quantitative estimate of drug-likeness (QED) is 0.682. The second-order valence-electron chi connectivity index (χ2n) is 2.94. The smallest absolute Gasteiger partial charge is 0.250 e. The number of methoxy groups -OCH3 is 1. The topological polar surface area (TPSA) is 22.8 Å². The van der Waals surface area contributed by atoms with Crippen molar-refractivity contribution in [2.45, 2.75) is 13.0 Å². The van der Waals surface area contributed by atoms with Gasteiger partial charge in [0.05, 0.1) is 7.11 Å². The predicted octanol–water partition coefficient (Wildman–Crippen LogP) is 2.38. The number of ether oxygens (including phenoxy) is 2. The molecule has 0 saturated heterocycles. The second kappa shape index (κ2) is 5.13. The van der Waals surface area contributed by atoms with Crippen LogP contribution in [0.3, 0.4) is 0 Å². The first kappa shape index (κ1) is 10.4. The van der Waals surface area contributed by atoms with E-state index >= 15 is 0 Å². The first-order chi connectivity index (χ1) is 6.76. The second-order valence-corrected chi connectivity index (χ2v) is 2.94. The number of hydrogen-bond acceptors (Lipinski definition) is 2. The molecule has 0 fully saturated rings. The molecule has 0 aliphatic rings. The number of benzene rings is 1. The Morgan fingerprint density at radius 2 is 1.86 bits per heavy atom. The molecule has 0 saturated carbocycles. The van der Waals surface area contributed by atoms with Crippen molar-refractivity contribution in [1.82, 2.24) is 0 Å². The molecule has 0 aromatic heterocycles. The van der Waals surface area contributed by atoms with E-state index in [1.807, 2.05) is 31.2 Å². The van der Waals surface area contributed by atoms with Crippen LogP contribution in [0.5, 0.6) is 11.5 Å². The van der Waals surface area contributed by atoms with Crippen molar-refractivity contribution in [1.29, 1.82) is 0 Å². The summed E-state index contributed by atoms with van der Waals surface area (Å²) in [4.78, 5) is 3.27. The minimum absolute atomic E-state index is 0.0686. The summed E-state index contributed by atoms with van der Waals surface area (Å²) in [5.41, 5.74) is 0. The minimum Gasteiger partial charge on any atom is -0.497 e. The summed E-state index contributed by atoms with van der Waals surface area (Å²) in [5, 5.41) is 0. The number of hydrogen-bond donors (Lipinski definition) is 0. The Balaban J connectivity index is 2.56. The SMILES string of the molecule is [C-]#[N+]CC(C)Oc1ccc(OC)cc1. The van der Waals surface area contributed by atoms with E-state index in [4.69, 9.17) is 16.0 Å². The van der Waals surface area contributed by atoms with Crippen molar-refractivity contribution in [2.24, 2.45) is 0 Å². The standard InChI is InChI=1S/C11H13NO2/c1-9(8-12-2)14-11-6-4-10(13-3)5-7-11/h4-7,9H,8H2,1,3H3. The third kappa shape index (κ3) is 2.98. The molecule has 1 rings (SSSR count). The third-order valence-electron chi connectivity index (χ3n) is 1.75. The van der Waals surface area contributed by atoms with Crippen molar-refractivity contribution in [3.05, 3.63) is 35.7 Å². The van der Waals surface area contributed by atoms with E-state index in [1.54, 1.807) is 7.11 Å². The molecule has 0 aliphatic heterocycles. The fourth-order valence-corrected chi connectivity index (χ4v) is 1.05. The van der Waals surface area contributed by atoms with Crippen LogP contribution >= 0.6 is 0 Å². The first-order valence-corrected chi connectivity index (χ1v) is 4.40. The van der Waals surface area contributed by atoms with Crippen molar-refractivity contribution in [3.8, 4) is 11.5 Å². The molecular weight excluding hydrogens is 178 g/mol. The predicted molar refractivity (Wildman–Crippen MR) is 54.6 cm³/mol. The van der Waals surface area contributed by atoms with Gasteiger partial charge in [0.25, 0.3) is 6.54 Å². The minimum atomic E-state index is -0.0686. The van der Waals surface area contributed by atoms with Crippen LogP contribution < -0.4 is 9.47 Å². The molecule has 0 N–H and O–H groups in total. The van der Waals surface area contributed by atoms with E-state index in [0.29, 0.717) is 6.54 Å². The van der Waals surface area contributed by atoms with Crippen LogP contribution in [0.25, 0.3) is 4.85 Å². The Labute approximate surface area is 84.1 Å². The maximum atomic E-state index is 6.69. The summed E-state index contributed by atoms with van der Waals surface area (Å²) in [6.07, 6.45) is -0.0686. The lowest BCUT2D eigenvalue weighted by Gasteiger charge is -2.09. The molecular formula is C11H13NO2. The highest BCUT2D eigenvalue weighted by Crippen LogP contribution is 2.18. The molecule has 3 nitrogen and oxygen atoms in total. The number of rotatable bonds is 4. The van der Waals surface area contributed by atoms with Crippen molar-refractivity contribution >= 4 is 0 Å².